The highest BCUT2D eigenvalue weighted by atomic mass is 15.0. The second-order valence-electron chi connectivity index (χ2n) is 22.5. The van der Waals surface area contributed by atoms with Gasteiger partial charge in [-0.3, -0.25) is 4.40 Å². The predicted molar refractivity (Wildman–Crippen MR) is 287 cm³/mol. The molecule has 0 saturated carbocycles. The molecule has 0 spiro atoms. The zero-order chi connectivity index (χ0) is 45.6. The van der Waals surface area contributed by atoms with Crippen molar-refractivity contribution in [2.45, 2.75) is 78.6 Å². The Kier molecular flexibility index (Phi) is 7.36. The zero-order valence-corrected chi connectivity index (χ0v) is 39.7. The monoisotopic (exact) mass is 864 g/mol. The Labute approximate surface area is 389 Å². The van der Waals surface area contributed by atoms with Crippen LogP contribution in [0, 0.1) is 0 Å². The molecule has 0 amide bonds. The van der Waals surface area contributed by atoms with Crippen LogP contribution in [0.15, 0.2) is 152 Å². The first kappa shape index (κ1) is 38.8. The molecule has 0 bridgehead atoms. The van der Waals surface area contributed by atoms with E-state index in [-0.39, 0.29) is 16.2 Å². The average molecular weight is 865 g/mol. The van der Waals surface area contributed by atoms with Gasteiger partial charge >= 0.3 is 0 Å². The number of hydrogen-bond acceptors (Lipinski definition) is 1. The summed E-state index contributed by atoms with van der Waals surface area (Å²) in [6.07, 6.45) is 0. The lowest BCUT2D eigenvalue weighted by molar-refractivity contribution is 0.591. The van der Waals surface area contributed by atoms with E-state index in [1.807, 2.05) is 0 Å². The average Bonchev–Trinajstić information content (AvgIpc) is 4.10. The Balaban J connectivity index is 1.16. The lowest BCUT2D eigenvalue weighted by Gasteiger charge is -2.22. The van der Waals surface area contributed by atoms with Gasteiger partial charge in [0.2, 0.25) is 0 Å². The highest BCUT2D eigenvalue weighted by molar-refractivity contribution is 6.31. The molecule has 0 aliphatic heterocycles. The van der Waals surface area contributed by atoms with Crippen LogP contribution in [-0.4, -0.2) is 18.4 Å². The first-order valence-corrected chi connectivity index (χ1v) is 24.0. The number of benzene rings is 8. The van der Waals surface area contributed by atoms with Crippen LogP contribution in [0.2, 0.25) is 0 Å². The van der Waals surface area contributed by atoms with E-state index in [1.165, 1.54) is 126 Å². The van der Waals surface area contributed by atoms with E-state index in [0.29, 0.717) is 0 Å². The Morgan fingerprint density at radius 3 is 1.67 bits per heavy atom. The highest BCUT2D eigenvalue weighted by Crippen LogP contribution is 2.49. The van der Waals surface area contributed by atoms with Crippen LogP contribution in [0.25, 0.3) is 126 Å². The Morgan fingerprint density at radius 2 is 0.940 bits per heavy atom. The summed E-state index contributed by atoms with van der Waals surface area (Å²) in [6.45, 7) is 21.1. The van der Waals surface area contributed by atoms with Crippen molar-refractivity contribution in [2.75, 3.05) is 0 Å². The summed E-state index contributed by atoms with van der Waals surface area (Å²) < 4.78 is 7.49. The van der Waals surface area contributed by atoms with Crippen LogP contribution >= 0.6 is 0 Å². The van der Waals surface area contributed by atoms with Crippen LogP contribution < -0.4 is 0 Å². The molecule has 0 atom stereocenters. The van der Waals surface area contributed by atoms with Gasteiger partial charge in [0.05, 0.1) is 44.1 Å². The van der Waals surface area contributed by atoms with Gasteiger partial charge in [0.1, 0.15) is 5.65 Å². The lowest BCUT2D eigenvalue weighted by atomic mass is 9.83. The molecule has 0 N–H and O–H groups in total. The van der Waals surface area contributed by atoms with Gasteiger partial charge < -0.3 is 8.97 Å². The molecule has 4 heteroatoms. The van der Waals surface area contributed by atoms with Gasteiger partial charge in [-0.25, -0.2) is 4.98 Å². The number of fused-ring (bicyclic) bond motifs is 17. The van der Waals surface area contributed by atoms with Crippen molar-refractivity contribution in [3.05, 3.63) is 168 Å². The highest BCUT2D eigenvalue weighted by Gasteiger charge is 2.30. The van der Waals surface area contributed by atoms with Gasteiger partial charge in [-0.15, -0.1) is 0 Å². The Hall–Kier alpha value is -7.43. The minimum Gasteiger partial charge on any atom is -0.309 e. The smallest absolute Gasteiger partial charge is 0.146 e. The van der Waals surface area contributed by atoms with Gasteiger partial charge in [-0.1, -0.05) is 135 Å². The van der Waals surface area contributed by atoms with Crippen molar-refractivity contribution in [1.82, 2.24) is 18.4 Å². The fourth-order valence-electron chi connectivity index (χ4n) is 11.8. The standard InChI is InChI=1S/C63H52N4/c1-61(2,3)37-28-43(36-24-25-52-44(27-36)42-21-15-16-22-51(42)65(52)40-18-11-10-12-19-40)57-45(29-37)46-30-39(63(7,8)9)33-50-56-54(66(57)59(46)50)34-48-47-31-38(62(4,5)6)32-49-55-41-20-14-13-17-35(41)23-26-53(55)67(58(47)49)60(48)64-56/h10-34H,1-9H3. The summed E-state index contributed by atoms with van der Waals surface area (Å²) in [5.74, 6) is 0. The second kappa shape index (κ2) is 12.7. The SMILES string of the molecule is CC(C)(C)c1cc(-c2ccc3c(c2)c2ccccc2n3-c2ccccc2)c2c(c1)c1cc(C(C)(C)C)cc3c4nc5c(cc4n2c13)c1cc(C(C)(C)C)cc2c3c4ccccc4ccc3n5c12. The van der Waals surface area contributed by atoms with Gasteiger partial charge in [0.15, 0.2) is 0 Å². The van der Waals surface area contributed by atoms with Crippen molar-refractivity contribution in [1.29, 1.82) is 0 Å². The summed E-state index contributed by atoms with van der Waals surface area (Å²) in [7, 11) is 0. The van der Waals surface area contributed by atoms with E-state index in [9.17, 15) is 0 Å². The molecule has 0 fully saturated rings. The molecule has 67 heavy (non-hydrogen) atoms. The number of pyridine rings is 1. The topological polar surface area (TPSA) is 26.6 Å². The third kappa shape index (κ3) is 5.16. The molecule has 6 aromatic heterocycles. The van der Waals surface area contributed by atoms with Crippen LogP contribution in [0.1, 0.15) is 79.0 Å². The third-order valence-corrected chi connectivity index (χ3v) is 15.3. The first-order valence-electron chi connectivity index (χ1n) is 24.0. The Bertz CT molecular complexity index is 4420. The van der Waals surface area contributed by atoms with Crippen molar-refractivity contribution in [3.8, 4) is 16.8 Å². The van der Waals surface area contributed by atoms with E-state index in [4.69, 9.17) is 4.98 Å². The zero-order valence-electron chi connectivity index (χ0n) is 39.7. The van der Waals surface area contributed by atoms with Crippen molar-refractivity contribution >= 4 is 109 Å². The molecule has 0 radical (unpaired) electrons. The van der Waals surface area contributed by atoms with E-state index in [0.717, 1.165) is 16.7 Å². The predicted octanol–water partition coefficient (Wildman–Crippen LogP) is 17.2. The van der Waals surface area contributed by atoms with E-state index < -0.39 is 0 Å². The van der Waals surface area contributed by atoms with Crippen LogP contribution in [-0.2, 0) is 16.2 Å². The van der Waals surface area contributed by atoms with Gasteiger partial charge in [0, 0.05) is 59.7 Å². The van der Waals surface area contributed by atoms with E-state index >= 15 is 0 Å². The van der Waals surface area contributed by atoms with Gasteiger partial charge in [-0.2, -0.15) is 0 Å². The molecular weight excluding hydrogens is 813 g/mol. The summed E-state index contributed by atoms with van der Waals surface area (Å²) in [5.41, 5.74) is 18.0. The summed E-state index contributed by atoms with van der Waals surface area (Å²) in [4.78, 5) is 5.92. The maximum Gasteiger partial charge on any atom is 0.146 e. The molecular formula is C63H52N4. The molecule has 14 rings (SSSR count). The largest absolute Gasteiger partial charge is 0.309 e. The van der Waals surface area contributed by atoms with Crippen molar-refractivity contribution < 1.29 is 0 Å². The fourth-order valence-corrected chi connectivity index (χ4v) is 11.8. The molecule has 0 unspecified atom stereocenters. The Morgan fingerprint density at radius 1 is 0.373 bits per heavy atom. The van der Waals surface area contributed by atoms with Crippen molar-refractivity contribution in [2.24, 2.45) is 0 Å². The lowest BCUT2D eigenvalue weighted by Crippen LogP contribution is -2.11. The molecule has 14 aromatic rings. The molecule has 4 nitrogen and oxygen atoms in total. The molecule has 0 saturated heterocycles. The minimum atomic E-state index is -0.0789. The minimum absolute atomic E-state index is 0.0485. The summed E-state index contributed by atoms with van der Waals surface area (Å²) in [6, 6.07) is 57.6. The van der Waals surface area contributed by atoms with Gasteiger partial charge in [0.25, 0.3) is 0 Å². The molecule has 324 valence electrons. The number of nitrogens with zero attached hydrogens (tertiary/aromatic N) is 4. The number of rotatable bonds is 2. The third-order valence-electron chi connectivity index (χ3n) is 15.3. The normalized spacial score (nSPS) is 13.4. The summed E-state index contributed by atoms with van der Waals surface area (Å²) >= 11 is 0. The summed E-state index contributed by atoms with van der Waals surface area (Å²) in [5, 5.41) is 13.9. The van der Waals surface area contributed by atoms with Crippen molar-refractivity contribution in [3.63, 3.8) is 0 Å². The number of hydrogen-bond donors (Lipinski definition) is 0. The maximum atomic E-state index is 5.92. The number of aromatic nitrogens is 4. The second-order valence-corrected chi connectivity index (χ2v) is 22.5. The van der Waals surface area contributed by atoms with Crippen LogP contribution in [0.3, 0.4) is 0 Å². The molecule has 8 aromatic carbocycles. The quantitative estimate of drug-likeness (QED) is 0.170. The molecule has 0 aliphatic carbocycles. The fraction of sp³-hybridized carbons (Fsp3) is 0.190. The number of para-hydroxylation sites is 2. The molecule has 0 aliphatic rings. The van der Waals surface area contributed by atoms with Crippen LogP contribution in [0.4, 0.5) is 0 Å². The van der Waals surface area contributed by atoms with E-state index in [2.05, 4.69) is 227 Å². The van der Waals surface area contributed by atoms with Crippen LogP contribution in [0.5, 0.6) is 0 Å². The van der Waals surface area contributed by atoms with Gasteiger partial charge in [-0.05, 0) is 128 Å². The molecule has 6 heterocycles. The maximum absolute atomic E-state index is 5.92. The first-order chi connectivity index (χ1) is 32.1. The van der Waals surface area contributed by atoms with E-state index in [1.54, 1.807) is 0 Å².